The van der Waals surface area contributed by atoms with Crippen LogP contribution in [0.3, 0.4) is 0 Å². The molecule has 0 atom stereocenters. The summed E-state index contributed by atoms with van der Waals surface area (Å²) in [7, 11) is 0. The number of hydrogen-bond acceptors (Lipinski definition) is 10. The molecule has 10 nitrogen and oxygen atoms in total. The molecule has 3 aromatic rings. The summed E-state index contributed by atoms with van der Waals surface area (Å²) in [5.41, 5.74) is 0. The van der Waals surface area contributed by atoms with Crippen LogP contribution >= 0.6 is 23.1 Å². The number of carbonyl (C=O) groups is 1. The lowest BCUT2D eigenvalue weighted by Gasteiger charge is -1.98. The van der Waals surface area contributed by atoms with Crippen molar-refractivity contribution in [1.82, 2.24) is 15.2 Å². The number of carbonyl (C=O) groups excluding carboxylic acids is 1. The summed E-state index contributed by atoms with van der Waals surface area (Å²) >= 11 is 1.81. The Bertz CT molecular complexity index is 828. The van der Waals surface area contributed by atoms with E-state index in [4.69, 9.17) is 8.83 Å². The summed E-state index contributed by atoms with van der Waals surface area (Å²) in [5.74, 6) is 0.252. The maximum Gasteiger partial charge on any atom is 0.345 e. The Morgan fingerprint density at radius 2 is 2.35 bits per heavy atom. The Labute approximate surface area is 136 Å². The first-order valence-corrected chi connectivity index (χ1v) is 7.82. The number of aromatic nitrogens is 3. The van der Waals surface area contributed by atoms with E-state index in [0.29, 0.717) is 5.76 Å². The molecule has 0 aromatic carbocycles. The van der Waals surface area contributed by atoms with Crippen molar-refractivity contribution in [2.24, 2.45) is 0 Å². The molecule has 0 aliphatic heterocycles. The Morgan fingerprint density at radius 3 is 3.04 bits per heavy atom. The second-order valence-electron chi connectivity index (χ2n) is 3.95. The smallest absolute Gasteiger partial charge is 0.345 e. The fraction of sp³-hybridized carbons (Fsp3) is 0.0909. The average molecular weight is 353 g/mol. The van der Waals surface area contributed by atoms with Crippen LogP contribution in [0.15, 0.2) is 38.6 Å². The molecule has 0 aliphatic carbocycles. The summed E-state index contributed by atoms with van der Waals surface area (Å²) in [5, 5.41) is 20.8. The molecule has 0 spiro atoms. The van der Waals surface area contributed by atoms with Crippen LogP contribution in [0.4, 0.5) is 10.1 Å². The van der Waals surface area contributed by atoms with E-state index in [1.807, 2.05) is 0 Å². The van der Waals surface area contributed by atoms with Gasteiger partial charge in [0.05, 0.1) is 16.9 Å². The zero-order valence-electron chi connectivity index (χ0n) is 11.2. The van der Waals surface area contributed by atoms with Crippen LogP contribution < -0.4 is 5.32 Å². The summed E-state index contributed by atoms with van der Waals surface area (Å²) in [6, 6.07) is 3.36. The molecule has 0 unspecified atom stereocenters. The summed E-state index contributed by atoms with van der Waals surface area (Å²) in [4.78, 5) is 25.5. The quantitative estimate of drug-likeness (QED) is 0.402. The van der Waals surface area contributed by atoms with Crippen molar-refractivity contribution in [3.05, 3.63) is 34.7 Å². The van der Waals surface area contributed by atoms with Crippen molar-refractivity contribution in [3.63, 3.8) is 0 Å². The van der Waals surface area contributed by atoms with Crippen LogP contribution in [0.25, 0.3) is 11.7 Å². The highest BCUT2D eigenvalue weighted by Crippen LogP contribution is 2.26. The van der Waals surface area contributed by atoms with Gasteiger partial charge in [-0.15, -0.1) is 10.2 Å². The highest BCUT2D eigenvalue weighted by atomic mass is 32.2. The normalized spacial score (nSPS) is 10.6. The number of thiazole rings is 1. The SMILES string of the molecule is O=C(CSc1nnc(-c2ccco2)o1)Nc1ncc([N+](=O)[O-])s1. The third-order valence-electron chi connectivity index (χ3n) is 2.38. The molecule has 0 radical (unpaired) electrons. The minimum atomic E-state index is -0.573. The van der Waals surface area contributed by atoms with Crippen LogP contribution in [-0.4, -0.2) is 31.8 Å². The highest BCUT2D eigenvalue weighted by molar-refractivity contribution is 7.99. The molecule has 1 amide bonds. The summed E-state index contributed by atoms with van der Waals surface area (Å²) < 4.78 is 10.4. The van der Waals surface area contributed by atoms with Gasteiger partial charge < -0.3 is 14.2 Å². The zero-order chi connectivity index (χ0) is 16.2. The predicted octanol–water partition coefficient (Wildman–Crippen LogP) is 2.43. The second kappa shape index (κ2) is 6.58. The first-order valence-electron chi connectivity index (χ1n) is 6.02. The molecule has 3 aromatic heterocycles. The van der Waals surface area contributed by atoms with Gasteiger partial charge in [0.2, 0.25) is 5.91 Å². The van der Waals surface area contributed by atoms with Crippen molar-refractivity contribution in [2.45, 2.75) is 5.22 Å². The van der Waals surface area contributed by atoms with Crippen LogP contribution in [0.1, 0.15) is 0 Å². The lowest BCUT2D eigenvalue weighted by molar-refractivity contribution is -0.380. The van der Waals surface area contributed by atoms with E-state index in [-0.39, 0.29) is 27.0 Å². The lowest BCUT2D eigenvalue weighted by atomic mass is 10.5. The molecule has 0 saturated heterocycles. The molecule has 118 valence electrons. The van der Waals surface area contributed by atoms with Gasteiger partial charge in [-0.2, -0.15) is 0 Å². The van der Waals surface area contributed by atoms with Gasteiger partial charge in [-0.1, -0.05) is 11.8 Å². The minimum Gasteiger partial charge on any atom is -0.459 e. The van der Waals surface area contributed by atoms with Crippen LogP contribution in [0.2, 0.25) is 0 Å². The Kier molecular flexibility index (Phi) is 4.34. The number of hydrogen-bond donors (Lipinski definition) is 1. The van der Waals surface area contributed by atoms with Gasteiger partial charge in [0, 0.05) is 0 Å². The van der Waals surface area contributed by atoms with E-state index in [2.05, 4.69) is 20.5 Å². The number of rotatable bonds is 6. The predicted molar refractivity (Wildman–Crippen MR) is 80.1 cm³/mol. The van der Waals surface area contributed by atoms with Crippen molar-refractivity contribution in [1.29, 1.82) is 0 Å². The molecule has 23 heavy (non-hydrogen) atoms. The van der Waals surface area contributed by atoms with E-state index in [1.54, 1.807) is 12.1 Å². The average Bonchev–Trinajstić information content (AvgIpc) is 3.25. The number of amides is 1. The molecular weight excluding hydrogens is 346 g/mol. The van der Waals surface area contributed by atoms with E-state index in [0.717, 1.165) is 29.3 Å². The first kappa shape index (κ1) is 15.2. The van der Waals surface area contributed by atoms with Gasteiger partial charge in [-0.25, -0.2) is 4.98 Å². The Hall–Kier alpha value is -2.73. The van der Waals surface area contributed by atoms with Gasteiger partial charge >= 0.3 is 5.00 Å². The number of furan rings is 1. The number of nitrogens with zero attached hydrogens (tertiary/aromatic N) is 4. The lowest BCUT2D eigenvalue weighted by Crippen LogP contribution is -2.13. The van der Waals surface area contributed by atoms with Crippen molar-refractivity contribution in [3.8, 4) is 11.7 Å². The van der Waals surface area contributed by atoms with E-state index in [1.165, 1.54) is 6.26 Å². The molecule has 0 saturated carbocycles. The van der Waals surface area contributed by atoms with Crippen molar-refractivity contribution in [2.75, 3.05) is 11.1 Å². The van der Waals surface area contributed by atoms with Gasteiger partial charge in [-0.3, -0.25) is 14.9 Å². The number of anilines is 1. The molecular formula is C11H7N5O5S2. The number of thioether (sulfide) groups is 1. The first-order chi connectivity index (χ1) is 11.1. The largest absolute Gasteiger partial charge is 0.459 e. The van der Waals surface area contributed by atoms with Crippen LogP contribution in [0.5, 0.6) is 0 Å². The topological polar surface area (TPSA) is 137 Å². The van der Waals surface area contributed by atoms with Gasteiger partial charge in [0.15, 0.2) is 10.9 Å². The number of nitrogens with one attached hydrogen (secondary N) is 1. The van der Waals surface area contributed by atoms with E-state index in [9.17, 15) is 14.9 Å². The maximum absolute atomic E-state index is 11.8. The molecule has 12 heteroatoms. The molecule has 0 fully saturated rings. The van der Waals surface area contributed by atoms with E-state index < -0.39 is 10.8 Å². The molecule has 0 bridgehead atoms. The molecule has 0 aliphatic rings. The van der Waals surface area contributed by atoms with Gasteiger partial charge in [-0.05, 0) is 23.5 Å². The zero-order valence-corrected chi connectivity index (χ0v) is 12.8. The Balaban J connectivity index is 1.53. The van der Waals surface area contributed by atoms with Gasteiger partial charge in [0.25, 0.3) is 11.1 Å². The second-order valence-corrected chi connectivity index (χ2v) is 5.88. The maximum atomic E-state index is 11.8. The van der Waals surface area contributed by atoms with E-state index >= 15 is 0 Å². The molecule has 3 heterocycles. The molecule has 3 rings (SSSR count). The van der Waals surface area contributed by atoms with Crippen LogP contribution in [0, 0.1) is 10.1 Å². The summed E-state index contributed by atoms with van der Waals surface area (Å²) in [6.07, 6.45) is 2.56. The summed E-state index contributed by atoms with van der Waals surface area (Å²) in [6.45, 7) is 0. The minimum absolute atomic E-state index is 0.00678. The third-order valence-corrected chi connectivity index (χ3v) is 4.07. The standard InChI is InChI=1S/C11H7N5O5S2/c17-7(13-10-12-4-8(23-10)16(18)19)5-22-11-15-14-9(21-11)6-2-1-3-20-6/h1-4H,5H2,(H,12,13,17). The van der Waals surface area contributed by atoms with Gasteiger partial charge in [0.1, 0.15) is 6.20 Å². The highest BCUT2D eigenvalue weighted by Gasteiger charge is 2.15. The Morgan fingerprint density at radius 1 is 1.48 bits per heavy atom. The molecule has 1 N–H and O–H groups in total. The fourth-order valence-corrected chi connectivity index (χ4v) is 2.67. The monoisotopic (exact) mass is 353 g/mol. The van der Waals surface area contributed by atoms with Crippen molar-refractivity contribution >= 4 is 39.1 Å². The number of nitro groups is 1. The van der Waals surface area contributed by atoms with Crippen LogP contribution in [-0.2, 0) is 4.79 Å². The fourth-order valence-electron chi connectivity index (χ4n) is 1.46. The van der Waals surface area contributed by atoms with Crippen molar-refractivity contribution < 1.29 is 18.6 Å². The third kappa shape index (κ3) is 3.73.